The van der Waals surface area contributed by atoms with Gasteiger partial charge < -0.3 is 0 Å². The molecule has 8 heteroatoms. The highest BCUT2D eigenvalue weighted by Gasteiger charge is 2.30. The van der Waals surface area contributed by atoms with Gasteiger partial charge in [-0.05, 0) is 59.7 Å². The molecule has 0 unspecified atom stereocenters. The molecule has 0 N–H and O–H groups in total. The minimum Gasteiger partial charge on any atom is -0.256 e. The third kappa shape index (κ3) is 5.79. The van der Waals surface area contributed by atoms with Crippen molar-refractivity contribution in [1.82, 2.24) is 0 Å². The first kappa shape index (κ1) is 21.3. The molecule has 3 aromatic rings. The van der Waals surface area contributed by atoms with E-state index in [0.717, 1.165) is 24.3 Å². The van der Waals surface area contributed by atoms with Crippen molar-refractivity contribution in [2.45, 2.75) is 12.4 Å². The Balaban J connectivity index is 1.63. The topological polar surface area (TPSA) is 24.7 Å². The van der Waals surface area contributed by atoms with Gasteiger partial charge in [-0.3, -0.25) is 9.98 Å². The Bertz CT molecular complexity index is 943. The lowest BCUT2D eigenvalue weighted by Crippen LogP contribution is -2.04. The van der Waals surface area contributed by atoms with E-state index in [9.17, 15) is 26.3 Å². The van der Waals surface area contributed by atoms with Gasteiger partial charge in [-0.25, -0.2) is 0 Å². The molecule has 0 saturated heterocycles. The molecule has 0 spiro atoms. The fourth-order valence-corrected chi connectivity index (χ4v) is 2.44. The summed E-state index contributed by atoms with van der Waals surface area (Å²) in [5.74, 6) is 0. The van der Waals surface area contributed by atoms with E-state index in [1.807, 2.05) is 0 Å². The van der Waals surface area contributed by atoms with Gasteiger partial charge in [-0.15, -0.1) is 0 Å². The summed E-state index contributed by atoms with van der Waals surface area (Å²) in [5.41, 5.74) is 0.733. The Morgan fingerprint density at radius 2 is 0.767 bits per heavy atom. The van der Waals surface area contributed by atoms with Crippen LogP contribution in [0.5, 0.6) is 0 Å². The van der Waals surface area contributed by atoms with Crippen molar-refractivity contribution in [2.24, 2.45) is 9.98 Å². The minimum atomic E-state index is -4.38. The molecule has 0 radical (unpaired) electrons. The van der Waals surface area contributed by atoms with E-state index in [1.54, 1.807) is 24.3 Å². The Morgan fingerprint density at radius 3 is 1.03 bits per heavy atom. The normalized spacial score (nSPS) is 12.7. The molecular weight excluding hydrogens is 406 g/mol. The molecule has 0 bridgehead atoms. The number of aliphatic imine (C=N–C) groups is 2. The number of halogens is 6. The summed E-state index contributed by atoms with van der Waals surface area (Å²) in [6.07, 6.45) is -5.87. The first-order chi connectivity index (χ1) is 14.1. The van der Waals surface area contributed by atoms with E-state index in [1.165, 1.54) is 36.7 Å². The van der Waals surface area contributed by atoms with E-state index in [0.29, 0.717) is 22.5 Å². The van der Waals surface area contributed by atoms with Gasteiger partial charge >= 0.3 is 12.4 Å². The maximum absolute atomic E-state index is 12.6. The summed E-state index contributed by atoms with van der Waals surface area (Å²) in [6, 6.07) is 15.9. The van der Waals surface area contributed by atoms with E-state index in [4.69, 9.17) is 0 Å². The smallest absolute Gasteiger partial charge is 0.256 e. The van der Waals surface area contributed by atoms with Crippen LogP contribution in [0.3, 0.4) is 0 Å². The quantitative estimate of drug-likeness (QED) is 0.314. The standard InChI is InChI=1S/C22H14F6N2/c23-21(24,25)17-5-1-15(2-6-17)13-29-19-9-11-20(12-10-19)30-14-16-3-7-18(8-4-16)22(26,27)28/h1-14H. The second kappa shape index (κ2) is 8.52. The van der Waals surface area contributed by atoms with Crippen LogP contribution in [-0.2, 0) is 12.4 Å². The molecule has 0 aliphatic heterocycles. The van der Waals surface area contributed by atoms with E-state index in [-0.39, 0.29) is 0 Å². The van der Waals surface area contributed by atoms with Crippen LogP contribution in [0, 0.1) is 0 Å². The third-order valence-corrected chi connectivity index (χ3v) is 4.05. The SMILES string of the molecule is FC(F)(F)c1ccc(C=Nc2ccc(N=Cc3ccc(C(F)(F)F)cc3)cc2)cc1. The Hall–Kier alpha value is -3.42. The maximum atomic E-state index is 12.6. The van der Waals surface area contributed by atoms with Crippen LogP contribution >= 0.6 is 0 Å². The second-order valence-electron chi connectivity index (χ2n) is 6.27. The van der Waals surface area contributed by atoms with Crippen molar-refractivity contribution in [3.63, 3.8) is 0 Å². The molecule has 3 rings (SSSR count). The average Bonchev–Trinajstić information content (AvgIpc) is 2.71. The van der Waals surface area contributed by atoms with E-state index < -0.39 is 23.5 Å². The lowest BCUT2D eigenvalue weighted by atomic mass is 10.1. The summed E-state index contributed by atoms with van der Waals surface area (Å²) in [6.45, 7) is 0. The van der Waals surface area contributed by atoms with Crippen LogP contribution in [0.25, 0.3) is 0 Å². The first-order valence-electron chi connectivity index (χ1n) is 8.64. The van der Waals surface area contributed by atoms with Gasteiger partial charge in [-0.1, -0.05) is 24.3 Å². The molecule has 30 heavy (non-hydrogen) atoms. The highest BCUT2D eigenvalue weighted by molar-refractivity contribution is 5.83. The fourth-order valence-electron chi connectivity index (χ4n) is 2.44. The van der Waals surface area contributed by atoms with Gasteiger partial charge in [0.15, 0.2) is 0 Å². The highest BCUT2D eigenvalue weighted by atomic mass is 19.4. The van der Waals surface area contributed by atoms with Crippen molar-refractivity contribution in [1.29, 1.82) is 0 Å². The second-order valence-corrected chi connectivity index (χ2v) is 6.27. The molecule has 0 saturated carbocycles. The lowest BCUT2D eigenvalue weighted by Gasteiger charge is -2.05. The number of rotatable bonds is 4. The van der Waals surface area contributed by atoms with Gasteiger partial charge in [0, 0.05) is 12.4 Å². The fraction of sp³-hybridized carbons (Fsp3) is 0.0909. The molecule has 0 heterocycles. The highest BCUT2D eigenvalue weighted by Crippen LogP contribution is 2.30. The zero-order valence-electron chi connectivity index (χ0n) is 15.2. The van der Waals surface area contributed by atoms with Crippen molar-refractivity contribution < 1.29 is 26.3 Å². The molecule has 0 fully saturated rings. The number of benzene rings is 3. The first-order valence-corrected chi connectivity index (χ1v) is 8.64. The lowest BCUT2D eigenvalue weighted by molar-refractivity contribution is -0.138. The van der Waals surface area contributed by atoms with Gasteiger partial charge in [0.2, 0.25) is 0 Å². The summed E-state index contributed by atoms with van der Waals surface area (Å²) in [5, 5.41) is 0. The van der Waals surface area contributed by atoms with E-state index in [2.05, 4.69) is 9.98 Å². The van der Waals surface area contributed by atoms with Crippen LogP contribution < -0.4 is 0 Å². The van der Waals surface area contributed by atoms with Gasteiger partial charge in [0.05, 0.1) is 22.5 Å². The van der Waals surface area contributed by atoms with Crippen molar-refractivity contribution >= 4 is 23.8 Å². The Morgan fingerprint density at radius 1 is 0.467 bits per heavy atom. The predicted octanol–water partition coefficient (Wildman–Crippen LogP) is 7.23. The number of nitrogens with zero attached hydrogens (tertiary/aromatic N) is 2. The maximum Gasteiger partial charge on any atom is 0.416 e. The molecule has 154 valence electrons. The van der Waals surface area contributed by atoms with Crippen LogP contribution in [0.15, 0.2) is 82.8 Å². The molecular formula is C22H14F6N2. The zero-order chi connectivity index (χ0) is 21.8. The molecule has 0 atom stereocenters. The monoisotopic (exact) mass is 420 g/mol. The van der Waals surface area contributed by atoms with Crippen molar-refractivity contribution in [2.75, 3.05) is 0 Å². The molecule has 0 amide bonds. The Labute approximate surface area is 168 Å². The van der Waals surface area contributed by atoms with Gasteiger partial charge in [0.25, 0.3) is 0 Å². The van der Waals surface area contributed by atoms with Crippen molar-refractivity contribution in [3.8, 4) is 0 Å². The molecule has 0 aliphatic rings. The van der Waals surface area contributed by atoms with Crippen LogP contribution in [0.1, 0.15) is 22.3 Å². The van der Waals surface area contributed by atoms with Gasteiger partial charge in [-0.2, -0.15) is 26.3 Å². The molecule has 0 aliphatic carbocycles. The van der Waals surface area contributed by atoms with Crippen LogP contribution in [0.2, 0.25) is 0 Å². The largest absolute Gasteiger partial charge is 0.416 e. The molecule has 0 aromatic heterocycles. The third-order valence-electron chi connectivity index (χ3n) is 4.05. The number of hydrogen-bond acceptors (Lipinski definition) is 2. The van der Waals surface area contributed by atoms with Gasteiger partial charge in [0.1, 0.15) is 0 Å². The molecule has 3 aromatic carbocycles. The summed E-state index contributed by atoms with van der Waals surface area (Å²) in [4.78, 5) is 8.39. The van der Waals surface area contributed by atoms with E-state index >= 15 is 0 Å². The summed E-state index contributed by atoms with van der Waals surface area (Å²) in [7, 11) is 0. The zero-order valence-corrected chi connectivity index (χ0v) is 15.2. The van der Waals surface area contributed by atoms with Crippen LogP contribution in [0.4, 0.5) is 37.7 Å². The summed E-state index contributed by atoms with van der Waals surface area (Å²) >= 11 is 0. The number of hydrogen-bond donors (Lipinski definition) is 0. The average molecular weight is 420 g/mol. The molecule has 2 nitrogen and oxygen atoms in total. The van der Waals surface area contributed by atoms with Crippen LogP contribution in [-0.4, -0.2) is 12.4 Å². The predicted molar refractivity (Wildman–Crippen MR) is 104 cm³/mol. The number of alkyl halides is 6. The Kier molecular flexibility index (Phi) is 6.05. The van der Waals surface area contributed by atoms with Crippen molar-refractivity contribution in [3.05, 3.63) is 95.1 Å². The summed E-state index contributed by atoms with van der Waals surface area (Å²) < 4.78 is 75.3. The minimum absolute atomic E-state index is 0.521.